The van der Waals surface area contributed by atoms with Crippen LogP contribution in [0.4, 0.5) is 0 Å². The molecular formula is C18H19NO. The van der Waals surface area contributed by atoms with Gasteiger partial charge in [-0.15, -0.1) is 0 Å². The summed E-state index contributed by atoms with van der Waals surface area (Å²) in [7, 11) is 0. The van der Waals surface area contributed by atoms with Crippen molar-refractivity contribution in [2.45, 2.75) is 19.3 Å². The predicted octanol–water partition coefficient (Wildman–Crippen LogP) is 3.99. The Balaban J connectivity index is 2.12. The highest BCUT2D eigenvalue weighted by molar-refractivity contribution is 5.84. The first-order chi connectivity index (χ1) is 9.79. The summed E-state index contributed by atoms with van der Waals surface area (Å²) in [6.45, 7) is 2.30. The van der Waals surface area contributed by atoms with Crippen LogP contribution in [0.5, 0.6) is 0 Å². The highest BCUT2D eigenvalue weighted by atomic mass is 16.3. The van der Waals surface area contributed by atoms with E-state index in [0.717, 1.165) is 11.9 Å². The molecule has 0 amide bonds. The van der Waals surface area contributed by atoms with Gasteiger partial charge in [0.05, 0.1) is 0 Å². The summed E-state index contributed by atoms with van der Waals surface area (Å²) in [4.78, 5) is 3.34. The van der Waals surface area contributed by atoms with Gasteiger partial charge in [0.25, 0.3) is 0 Å². The first kappa shape index (κ1) is 12.9. The number of hydrogen-bond acceptors (Lipinski definition) is 1. The minimum atomic E-state index is 0.193. The fraction of sp³-hybridized carbons (Fsp3) is 0.222. The molecule has 2 heteroatoms. The lowest BCUT2D eigenvalue weighted by Gasteiger charge is -2.16. The topological polar surface area (TPSA) is 36.0 Å². The van der Waals surface area contributed by atoms with Gasteiger partial charge in [0.2, 0.25) is 0 Å². The van der Waals surface area contributed by atoms with Crippen molar-refractivity contribution >= 4 is 10.9 Å². The zero-order valence-electron chi connectivity index (χ0n) is 11.6. The number of aromatic amines is 1. The Labute approximate surface area is 119 Å². The Kier molecular flexibility index (Phi) is 3.57. The number of aryl methyl sites for hydroxylation is 1. The Morgan fingerprint density at radius 1 is 1.10 bits per heavy atom. The molecule has 0 saturated heterocycles. The van der Waals surface area contributed by atoms with E-state index in [1.165, 1.54) is 22.1 Å². The van der Waals surface area contributed by atoms with E-state index in [1.54, 1.807) is 0 Å². The first-order valence-electron chi connectivity index (χ1n) is 7.03. The fourth-order valence-corrected chi connectivity index (χ4v) is 2.86. The van der Waals surface area contributed by atoms with Crippen molar-refractivity contribution < 1.29 is 5.11 Å². The Bertz CT molecular complexity index is 700. The molecule has 0 aliphatic rings. The third kappa shape index (κ3) is 2.35. The number of rotatable bonds is 4. The summed E-state index contributed by atoms with van der Waals surface area (Å²) in [5, 5.41) is 10.7. The number of aliphatic hydroxyl groups excluding tert-OH is 1. The molecule has 102 valence electrons. The van der Waals surface area contributed by atoms with Crippen molar-refractivity contribution in [3.8, 4) is 0 Å². The average Bonchev–Trinajstić information content (AvgIpc) is 2.88. The molecule has 1 atom stereocenters. The first-order valence-corrected chi connectivity index (χ1v) is 7.03. The molecule has 2 N–H and O–H groups in total. The van der Waals surface area contributed by atoms with Gasteiger partial charge in [-0.05, 0) is 36.6 Å². The molecule has 2 aromatic carbocycles. The standard InChI is InChI=1S/C18H19NO/c1-13-7-8-18-16(11-13)17(12-19-18)15(9-10-20)14-5-3-2-4-6-14/h2-8,11-12,15,19-20H,9-10H2,1H3. The number of hydrogen-bond donors (Lipinski definition) is 2. The second-order valence-electron chi connectivity index (χ2n) is 5.27. The van der Waals surface area contributed by atoms with E-state index >= 15 is 0 Å². The maximum Gasteiger partial charge on any atom is 0.0457 e. The molecule has 3 rings (SSSR count). The molecule has 0 aliphatic heterocycles. The van der Waals surface area contributed by atoms with Crippen molar-refractivity contribution in [3.05, 3.63) is 71.4 Å². The van der Waals surface area contributed by atoms with Crippen molar-refractivity contribution in [1.82, 2.24) is 4.98 Å². The van der Waals surface area contributed by atoms with Crippen molar-refractivity contribution in [3.63, 3.8) is 0 Å². The zero-order chi connectivity index (χ0) is 13.9. The van der Waals surface area contributed by atoms with Gasteiger partial charge in [0.15, 0.2) is 0 Å². The van der Waals surface area contributed by atoms with Crippen LogP contribution in [-0.4, -0.2) is 16.7 Å². The SMILES string of the molecule is Cc1ccc2[nH]cc(C(CCO)c3ccccc3)c2c1. The van der Waals surface area contributed by atoms with Crippen LogP contribution < -0.4 is 0 Å². The quantitative estimate of drug-likeness (QED) is 0.735. The van der Waals surface area contributed by atoms with Gasteiger partial charge < -0.3 is 10.1 Å². The summed E-state index contributed by atoms with van der Waals surface area (Å²) in [6.07, 6.45) is 2.82. The van der Waals surface area contributed by atoms with Crippen LogP contribution in [0.1, 0.15) is 29.0 Å². The summed E-state index contributed by atoms with van der Waals surface area (Å²) < 4.78 is 0. The largest absolute Gasteiger partial charge is 0.396 e. The summed E-state index contributed by atoms with van der Waals surface area (Å²) in [5.41, 5.74) is 4.94. The van der Waals surface area contributed by atoms with E-state index < -0.39 is 0 Å². The van der Waals surface area contributed by atoms with Crippen LogP contribution >= 0.6 is 0 Å². The Hall–Kier alpha value is -2.06. The third-order valence-electron chi connectivity index (χ3n) is 3.86. The van der Waals surface area contributed by atoms with Gasteiger partial charge in [0, 0.05) is 29.6 Å². The van der Waals surface area contributed by atoms with E-state index in [1.807, 2.05) is 6.07 Å². The summed E-state index contributed by atoms with van der Waals surface area (Å²) in [6, 6.07) is 16.9. The van der Waals surface area contributed by atoms with E-state index in [2.05, 4.69) is 60.6 Å². The van der Waals surface area contributed by atoms with Crippen molar-refractivity contribution in [2.75, 3.05) is 6.61 Å². The molecule has 0 radical (unpaired) electrons. The highest BCUT2D eigenvalue weighted by Crippen LogP contribution is 2.33. The van der Waals surface area contributed by atoms with Crippen molar-refractivity contribution in [2.24, 2.45) is 0 Å². The van der Waals surface area contributed by atoms with Gasteiger partial charge in [-0.2, -0.15) is 0 Å². The zero-order valence-corrected chi connectivity index (χ0v) is 11.6. The number of nitrogens with one attached hydrogen (secondary N) is 1. The van der Waals surface area contributed by atoms with E-state index in [9.17, 15) is 5.11 Å². The van der Waals surface area contributed by atoms with Crippen LogP contribution in [0.15, 0.2) is 54.7 Å². The van der Waals surface area contributed by atoms with Gasteiger partial charge in [0.1, 0.15) is 0 Å². The lowest BCUT2D eigenvalue weighted by molar-refractivity contribution is 0.282. The lowest BCUT2D eigenvalue weighted by atomic mass is 9.88. The van der Waals surface area contributed by atoms with E-state index in [-0.39, 0.29) is 12.5 Å². The number of H-pyrrole nitrogens is 1. The molecule has 0 saturated carbocycles. The Morgan fingerprint density at radius 2 is 1.90 bits per heavy atom. The highest BCUT2D eigenvalue weighted by Gasteiger charge is 2.17. The average molecular weight is 265 g/mol. The second kappa shape index (κ2) is 5.51. The molecule has 1 unspecified atom stereocenters. The number of fused-ring (bicyclic) bond motifs is 1. The molecule has 0 bridgehead atoms. The maximum absolute atomic E-state index is 9.41. The monoisotopic (exact) mass is 265 g/mol. The molecule has 1 heterocycles. The molecule has 1 aromatic heterocycles. The van der Waals surface area contributed by atoms with E-state index in [4.69, 9.17) is 0 Å². The third-order valence-corrected chi connectivity index (χ3v) is 3.86. The normalized spacial score (nSPS) is 12.7. The van der Waals surface area contributed by atoms with Gasteiger partial charge >= 0.3 is 0 Å². The minimum Gasteiger partial charge on any atom is -0.396 e. The molecule has 0 fully saturated rings. The van der Waals surface area contributed by atoms with E-state index in [0.29, 0.717) is 0 Å². The maximum atomic E-state index is 9.41. The van der Waals surface area contributed by atoms with Gasteiger partial charge in [-0.25, -0.2) is 0 Å². The van der Waals surface area contributed by atoms with Crippen LogP contribution in [0.2, 0.25) is 0 Å². The smallest absolute Gasteiger partial charge is 0.0457 e. The lowest BCUT2D eigenvalue weighted by Crippen LogP contribution is -2.03. The number of aromatic nitrogens is 1. The van der Waals surface area contributed by atoms with Crippen molar-refractivity contribution in [1.29, 1.82) is 0 Å². The molecule has 2 nitrogen and oxygen atoms in total. The van der Waals surface area contributed by atoms with Crippen LogP contribution in [-0.2, 0) is 0 Å². The predicted molar refractivity (Wildman–Crippen MR) is 83.0 cm³/mol. The van der Waals surface area contributed by atoms with Gasteiger partial charge in [-0.1, -0.05) is 42.0 Å². The van der Waals surface area contributed by atoms with Crippen LogP contribution in [0, 0.1) is 6.92 Å². The minimum absolute atomic E-state index is 0.193. The van der Waals surface area contributed by atoms with Gasteiger partial charge in [-0.3, -0.25) is 0 Å². The summed E-state index contributed by atoms with van der Waals surface area (Å²) in [5.74, 6) is 0.233. The molecule has 0 aliphatic carbocycles. The molecule has 0 spiro atoms. The molecular weight excluding hydrogens is 246 g/mol. The Morgan fingerprint density at radius 3 is 2.65 bits per heavy atom. The molecule has 20 heavy (non-hydrogen) atoms. The number of benzene rings is 2. The van der Waals surface area contributed by atoms with Crippen LogP contribution in [0.3, 0.4) is 0 Å². The van der Waals surface area contributed by atoms with Crippen LogP contribution in [0.25, 0.3) is 10.9 Å². The fourth-order valence-electron chi connectivity index (χ4n) is 2.86. The molecule has 3 aromatic rings. The summed E-state index contributed by atoms with van der Waals surface area (Å²) >= 11 is 0. The number of aliphatic hydroxyl groups is 1. The second-order valence-corrected chi connectivity index (χ2v) is 5.27.